The fourth-order valence-electron chi connectivity index (χ4n) is 5.65. The van der Waals surface area contributed by atoms with Gasteiger partial charge in [0.05, 0.1) is 36.1 Å². The first-order valence-electron chi connectivity index (χ1n) is 14.1. The number of urea groups is 1. The molecule has 42 heavy (non-hydrogen) atoms. The van der Waals surface area contributed by atoms with Gasteiger partial charge in [0.1, 0.15) is 0 Å². The SMILES string of the molecule is C[C@H](C(=O)N1C(=O)N(C(=O)[C@H](C)[C@@H](O)c2ccccc2)[C@H](c2ccccc2)[C@@H]1c1ccccc1)[C@H](O)c1ccccc1. The van der Waals surface area contributed by atoms with Crippen molar-refractivity contribution >= 4 is 17.8 Å². The van der Waals surface area contributed by atoms with Gasteiger partial charge < -0.3 is 10.2 Å². The van der Waals surface area contributed by atoms with Gasteiger partial charge in [0.15, 0.2) is 0 Å². The van der Waals surface area contributed by atoms with E-state index in [9.17, 15) is 24.6 Å². The minimum atomic E-state index is -1.17. The van der Waals surface area contributed by atoms with Crippen molar-refractivity contribution in [3.05, 3.63) is 144 Å². The highest BCUT2D eigenvalue weighted by Crippen LogP contribution is 2.47. The molecule has 0 unspecified atom stereocenters. The molecule has 0 radical (unpaired) electrons. The Kier molecular flexibility index (Phi) is 8.61. The van der Waals surface area contributed by atoms with Crippen molar-refractivity contribution in [2.45, 2.75) is 38.1 Å². The van der Waals surface area contributed by atoms with Crippen molar-refractivity contribution in [2.24, 2.45) is 11.8 Å². The summed E-state index contributed by atoms with van der Waals surface area (Å²) in [4.78, 5) is 44.9. The van der Waals surface area contributed by atoms with Crippen LogP contribution >= 0.6 is 0 Å². The summed E-state index contributed by atoms with van der Waals surface area (Å²) in [5.41, 5.74) is 2.43. The highest BCUT2D eigenvalue weighted by atomic mass is 16.3. The molecule has 7 heteroatoms. The van der Waals surface area contributed by atoms with E-state index in [1.807, 2.05) is 72.8 Å². The molecule has 5 rings (SSSR count). The largest absolute Gasteiger partial charge is 0.388 e. The minimum absolute atomic E-state index is 0.549. The summed E-state index contributed by atoms with van der Waals surface area (Å²) in [5.74, 6) is -3.17. The Morgan fingerprint density at radius 1 is 0.548 bits per heavy atom. The smallest absolute Gasteiger partial charge is 0.334 e. The van der Waals surface area contributed by atoms with Crippen molar-refractivity contribution in [1.29, 1.82) is 0 Å². The maximum Gasteiger partial charge on any atom is 0.334 e. The van der Waals surface area contributed by atoms with Crippen LogP contribution in [0.4, 0.5) is 4.79 Å². The number of nitrogens with zero attached hydrogens (tertiary/aromatic N) is 2. The molecule has 0 aromatic heterocycles. The second kappa shape index (κ2) is 12.5. The summed E-state index contributed by atoms with van der Waals surface area (Å²) in [5, 5.41) is 22.3. The van der Waals surface area contributed by atoms with E-state index < -0.39 is 54.0 Å². The van der Waals surface area contributed by atoms with Gasteiger partial charge in [-0.2, -0.15) is 0 Å². The zero-order valence-corrected chi connectivity index (χ0v) is 23.5. The molecule has 6 atom stereocenters. The number of rotatable bonds is 8. The van der Waals surface area contributed by atoms with Crippen LogP contribution in [0.2, 0.25) is 0 Å². The third-order valence-electron chi connectivity index (χ3n) is 8.03. The summed E-state index contributed by atoms with van der Waals surface area (Å²) < 4.78 is 0. The monoisotopic (exact) mass is 562 g/mol. The summed E-state index contributed by atoms with van der Waals surface area (Å²) in [7, 11) is 0. The lowest BCUT2D eigenvalue weighted by Crippen LogP contribution is -2.44. The number of imide groups is 2. The normalized spacial score (nSPS) is 19.7. The summed E-state index contributed by atoms with van der Waals surface area (Å²) >= 11 is 0. The molecule has 4 aromatic rings. The molecule has 0 saturated carbocycles. The van der Waals surface area contributed by atoms with Crippen molar-refractivity contribution < 1.29 is 24.6 Å². The lowest BCUT2D eigenvalue weighted by molar-refractivity contribution is -0.137. The fourth-order valence-corrected chi connectivity index (χ4v) is 5.65. The Morgan fingerprint density at radius 2 is 0.833 bits per heavy atom. The zero-order valence-electron chi connectivity index (χ0n) is 23.5. The van der Waals surface area contributed by atoms with Gasteiger partial charge in [-0.25, -0.2) is 4.79 Å². The maximum absolute atomic E-state index is 14.3. The average molecular weight is 563 g/mol. The second-order valence-electron chi connectivity index (χ2n) is 10.7. The number of carbonyl (C=O) groups is 3. The fraction of sp³-hybridized carbons (Fsp3) is 0.229. The van der Waals surface area contributed by atoms with Crippen LogP contribution in [0.25, 0.3) is 0 Å². The van der Waals surface area contributed by atoms with Crippen molar-refractivity contribution in [3.63, 3.8) is 0 Å². The molecule has 1 saturated heterocycles. The van der Waals surface area contributed by atoms with Crippen LogP contribution in [0, 0.1) is 11.8 Å². The summed E-state index contributed by atoms with van der Waals surface area (Å²) in [6.07, 6.45) is -2.33. The number of benzene rings is 4. The molecule has 1 aliphatic rings. The average Bonchev–Trinajstić information content (AvgIpc) is 3.36. The molecule has 1 heterocycles. The lowest BCUT2D eigenvalue weighted by Gasteiger charge is -2.30. The molecule has 0 bridgehead atoms. The molecule has 1 aliphatic heterocycles. The van der Waals surface area contributed by atoms with E-state index in [0.29, 0.717) is 22.3 Å². The van der Waals surface area contributed by atoms with E-state index in [1.165, 1.54) is 0 Å². The van der Waals surface area contributed by atoms with E-state index in [0.717, 1.165) is 9.80 Å². The molecule has 2 N–H and O–H groups in total. The predicted molar refractivity (Wildman–Crippen MR) is 159 cm³/mol. The van der Waals surface area contributed by atoms with Gasteiger partial charge in [-0.15, -0.1) is 0 Å². The van der Waals surface area contributed by atoms with Crippen LogP contribution in [0.3, 0.4) is 0 Å². The van der Waals surface area contributed by atoms with Gasteiger partial charge in [0, 0.05) is 0 Å². The van der Waals surface area contributed by atoms with E-state index in [1.54, 1.807) is 62.4 Å². The topological polar surface area (TPSA) is 98.2 Å². The standard InChI is InChI=1S/C35H34N2O5/c1-23(31(38)27-19-11-5-12-20-27)33(40)36-29(25-15-7-3-8-16-25)30(26-17-9-4-10-18-26)37(35(36)42)34(41)24(2)32(39)28-21-13-6-14-22-28/h3-24,29-32,38-39H,1-2H3/t23-,24+,29-,30+,31-,32+. The van der Waals surface area contributed by atoms with E-state index in [-0.39, 0.29) is 0 Å². The van der Waals surface area contributed by atoms with Crippen molar-refractivity contribution in [2.75, 3.05) is 0 Å². The molecule has 7 nitrogen and oxygen atoms in total. The first-order valence-corrected chi connectivity index (χ1v) is 14.1. The van der Waals surface area contributed by atoms with Gasteiger partial charge in [-0.05, 0) is 22.3 Å². The van der Waals surface area contributed by atoms with Gasteiger partial charge in [-0.3, -0.25) is 19.4 Å². The number of hydrogen-bond donors (Lipinski definition) is 2. The predicted octanol–water partition coefficient (Wildman–Crippen LogP) is 6.00. The van der Waals surface area contributed by atoms with E-state index in [4.69, 9.17) is 0 Å². The molecule has 4 amide bonds. The third kappa shape index (κ3) is 5.49. The van der Waals surface area contributed by atoms with Gasteiger partial charge in [0.2, 0.25) is 11.8 Å². The molecular weight excluding hydrogens is 528 g/mol. The molecule has 0 aliphatic carbocycles. The highest BCUT2D eigenvalue weighted by Gasteiger charge is 2.54. The Bertz CT molecular complexity index is 1400. The van der Waals surface area contributed by atoms with Crippen LogP contribution < -0.4 is 0 Å². The lowest BCUT2D eigenvalue weighted by atomic mass is 9.90. The number of carbonyl (C=O) groups excluding carboxylic acids is 3. The third-order valence-corrected chi connectivity index (χ3v) is 8.03. The number of hydrogen-bond acceptors (Lipinski definition) is 5. The van der Waals surface area contributed by atoms with Crippen molar-refractivity contribution in [1.82, 2.24) is 9.80 Å². The molecular formula is C35H34N2O5. The minimum Gasteiger partial charge on any atom is -0.388 e. The Hall–Kier alpha value is -4.59. The van der Waals surface area contributed by atoms with Gasteiger partial charge >= 0.3 is 6.03 Å². The van der Waals surface area contributed by atoms with Crippen LogP contribution in [-0.2, 0) is 9.59 Å². The zero-order chi connectivity index (χ0) is 29.8. The highest BCUT2D eigenvalue weighted by molar-refractivity contribution is 6.06. The van der Waals surface area contributed by atoms with E-state index in [2.05, 4.69) is 0 Å². The van der Waals surface area contributed by atoms with E-state index >= 15 is 0 Å². The second-order valence-corrected chi connectivity index (χ2v) is 10.7. The van der Waals surface area contributed by atoms with Crippen LogP contribution in [0.5, 0.6) is 0 Å². The Labute approximate surface area is 245 Å². The van der Waals surface area contributed by atoms with Crippen molar-refractivity contribution in [3.8, 4) is 0 Å². The van der Waals surface area contributed by atoms with Gasteiger partial charge in [0.25, 0.3) is 0 Å². The number of aliphatic hydroxyl groups excluding tert-OH is 2. The molecule has 214 valence electrons. The molecule has 1 fully saturated rings. The number of aliphatic hydroxyl groups is 2. The quantitative estimate of drug-likeness (QED) is 0.275. The number of amides is 4. The maximum atomic E-state index is 14.3. The summed E-state index contributed by atoms with van der Waals surface area (Å²) in [6.45, 7) is 3.16. The molecule has 4 aromatic carbocycles. The summed E-state index contributed by atoms with van der Waals surface area (Å²) in [6, 6.07) is 33.4. The van der Waals surface area contributed by atoms with Crippen LogP contribution in [0.1, 0.15) is 60.4 Å². The Balaban J connectivity index is 1.60. The Morgan fingerprint density at radius 3 is 1.14 bits per heavy atom. The van der Waals surface area contributed by atoms with Crippen LogP contribution in [0.15, 0.2) is 121 Å². The van der Waals surface area contributed by atoms with Crippen LogP contribution in [-0.4, -0.2) is 37.9 Å². The first kappa shape index (κ1) is 28.9. The molecule has 0 spiro atoms. The van der Waals surface area contributed by atoms with Gasteiger partial charge in [-0.1, -0.05) is 135 Å². The first-order chi connectivity index (χ1) is 20.3.